The smallest absolute Gasteiger partial charge is 0.258 e. The number of hydrogen-bond donors (Lipinski definition) is 0. The summed E-state index contributed by atoms with van der Waals surface area (Å²) in [6, 6.07) is 13.9. The quantitative estimate of drug-likeness (QED) is 0.751. The van der Waals surface area contributed by atoms with Crippen LogP contribution in [0.15, 0.2) is 75.4 Å². The Morgan fingerprint density at radius 2 is 1.62 bits per heavy atom. The summed E-state index contributed by atoms with van der Waals surface area (Å²) in [4.78, 5) is 0.116. The highest BCUT2D eigenvalue weighted by Crippen LogP contribution is 2.30. The van der Waals surface area contributed by atoms with Crippen molar-refractivity contribution in [3.63, 3.8) is 0 Å². The van der Waals surface area contributed by atoms with Crippen molar-refractivity contribution in [3.8, 4) is 0 Å². The maximum absolute atomic E-state index is 13.1. The van der Waals surface area contributed by atoms with Crippen LogP contribution < -0.4 is 4.31 Å². The molecule has 0 bridgehead atoms. The topological polar surface area (TPSA) is 71.5 Å². The van der Waals surface area contributed by atoms with E-state index in [0.29, 0.717) is 5.69 Å². The Hall–Kier alpha value is -1.64. The van der Waals surface area contributed by atoms with Crippen LogP contribution in [-0.2, 0) is 19.9 Å². The lowest BCUT2D eigenvalue weighted by molar-refractivity contribution is 0.586. The van der Waals surface area contributed by atoms with E-state index in [1.807, 2.05) is 0 Å². The molecule has 0 saturated carbocycles. The molecule has 1 aliphatic rings. The highest BCUT2D eigenvalue weighted by atomic mass is 79.9. The third-order valence-corrected chi connectivity index (χ3v) is 7.37. The maximum Gasteiger partial charge on any atom is 0.264 e. The fourth-order valence-electron chi connectivity index (χ4n) is 2.51. The van der Waals surface area contributed by atoms with E-state index < -0.39 is 25.9 Å². The van der Waals surface area contributed by atoms with Crippen LogP contribution in [0, 0.1) is 0 Å². The molecule has 126 valence electrons. The van der Waals surface area contributed by atoms with Crippen LogP contribution in [0.4, 0.5) is 5.69 Å². The van der Waals surface area contributed by atoms with E-state index in [4.69, 9.17) is 0 Å². The predicted molar refractivity (Wildman–Crippen MR) is 97.0 cm³/mol. The van der Waals surface area contributed by atoms with Crippen LogP contribution in [0.3, 0.4) is 0 Å². The van der Waals surface area contributed by atoms with Crippen molar-refractivity contribution in [2.24, 2.45) is 0 Å². The van der Waals surface area contributed by atoms with Gasteiger partial charge >= 0.3 is 0 Å². The molecule has 0 amide bonds. The highest BCUT2D eigenvalue weighted by molar-refractivity contribution is 9.10. The molecule has 0 aliphatic carbocycles. The maximum atomic E-state index is 13.1. The van der Waals surface area contributed by atoms with Gasteiger partial charge in [-0.1, -0.05) is 34.1 Å². The number of anilines is 1. The summed E-state index contributed by atoms with van der Waals surface area (Å²) < 4.78 is 51.7. The van der Waals surface area contributed by atoms with E-state index in [0.717, 1.165) is 14.2 Å². The second-order valence-electron chi connectivity index (χ2n) is 5.32. The van der Waals surface area contributed by atoms with Crippen LogP contribution in [0.2, 0.25) is 0 Å². The third kappa shape index (κ3) is 3.40. The highest BCUT2D eigenvalue weighted by Gasteiger charge is 2.35. The van der Waals surface area contributed by atoms with Crippen LogP contribution in [0.5, 0.6) is 0 Å². The van der Waals surface area contributed by atoms with Gasteiger partial charge in [-0.05, 0) is 42.5 Å². The Morgan fingerprint density at radius 1 is 1.00 bits per heavy atom. The molecule has 1 heterocycles. The molecule has 8 heteroatoms. The molecule has 1 aliphatic heterocycles. The van der Waals surface area contributed by atoms with Crippen molar-refractivity contribution in [2.45, 2.75) is 10.9 Å². The Kier molecular flexibility index (Phi) is 4.54. The number of sulfone groups is 1. The molecule has 0 radical (unpaired) electrons. The molecule has 0 spiro atoms. The molecule has 5 nitrogen and oxygen atoms in total. The first-order valence-electron chi connectivity index (χ1n) is 7.06. The monoisotopic (exact) mass is 427 g/mol. The molecule has 0 N–H and O–H groups in total. The second-order valence-corrected chi connectivity index (χ2v) is 9.98. The molecule has 2 aromatic carbocycles. The molecule has 1 unspecified atom stereocenters. The molecule has 0 saturated heterocycles. The SMILES string of the molecule is O=S1(=O)C=CC(N(c2ccc(Br)cc2)S(=O)(=O)c2ccccc2)C1. The Bertz CT molecular complexity index is 968. The summed E-state index contributed by atoms with van der Waals surface area (Å²) in [7, 11) is -7.29. The van der Waals surface area contributed by atoms with Gasteiger partial charge in [-0.2, -0.15) is 0 Å². The summed E-state index contributed by atoms with van der Waals surface area (Å²) in [5.41, 5.74) is 0.411. The van der Waals surface area contributed by atoms with Gasteiger partial charge in [0, 0.05) is 9.88 Å². The number of rotatable bonds is 4. The molecule has 3 rings (SSSR count). The van der Waals surface area contributed by atoms with Gasteiger partial charge in [0.1, 0.15) is 0 Å². The molecule has 2 aromatic rings. The zero-order valence-electron chi connectivity index (χ0n) is 12.4. The first-order valence-corrected chi connectivity index (χ1v) is 11.0. The van der Waals surface area contributed by atoms with Gasteiger partial charge in [0.25, 0.3) is 10.0 Å². The minimum atomic E-state index is -3.90. The number of halogens is 1. The zero-order chi connectivity index (χ0) is 17.4. The van der Waals surface area contributed by atoms with Crippen molar-refractivity contribution < 1.29 is 16.8 Å². The molecule has 1 atom stereocenters. The van der Waals surface area contributed by atoms with Crippen molar-refractivity contribution in [2.75, 3.05) is 10.1 Å². The lowest BCUT2D eigenvalue weighted by Gasteiger charge is -2.29. The van der Waals surface area contributed by atoms with Crippen LogP contribution in [-0.4, -0.2) is 28.6 Å². The van der Waals surface area contributed by atoms with Gasteiger partial charge in [-0.15, -0.1) is 0 Å². The zero-order valence-corrected chi connectivity index (χ0v) is 15.6. The Labute approximate surface area is 149 Å². The predicted octanol–water partition coefficient (Wildman–Crippen LogP) is 2.96. The number of nitrogens with zero attached hydrogens (tertiary/aromatic N) is 1. The van der Waals surface area contributed by atoms with Crippen LogP contribution >= 0.6 is 15.9 Å². The van der Waals surface area contributed by atoms with Crippen LogP contribution in [0.1, 0.15) is 0 Å². The Balaban J connectivity index is 2.12. The summed E-state index contributed by atoms with van der Waals surface area (Å²) in [6.45, 7) is 0. The van der Waals surface area contributed by atoms with Crippen LogP contribution in [0.25, 0.3) is 0 Å². The van der Waals surface area contributed by atoms with Crippen molar-refractivity contribution >= 4 is 41.5 Å². The largest absolute Gasteiger partial charge is 0.264 e. The molecular weight excluding hydrogens is 414 g/mol. The number of sulfonamides is 1. The summed E-state index contributed by atoms with van der Waals surface area (Å²) in [5.74, 6) is -0.269. The van der Waals surface area contributed by atoms with Gasteiger partial charge < -0.3 is 0 Å². The summed E-state index contributed by atoms with van der Waals surface area (Å²) in [6.07, 6.45) is 1.41. The fourth-order valence-corrected chi connectivity index (χ4v) is 5.76. The average molecular weight is 428 g/mol. The fraction of sp³-hybridized carbons (Fsp3) is 0.125. The van der Waals surface area contributed by atoms with Gasteiger partial charge in [-0.3, -0.25) is 4.31 Å². The van der Waals surface area contributed by atoms with Crippen molar-refractivity contribution in [3.05, 3.63) is 70.6 Å². The van der Waals surface area contributed by atoms with Crippen molar-refractivity contribution in [1.29, 1.82) is 0 Å². The van der Waals surface area contributed by atoms with Gasteiger partial charge in [-0.25, -0.2) is 16.8 Å². The third-order valence-electron chi connectivity index (χ3n) is 3.59. The standard InChI is InChI=1S/C16H14BrNO4S2/c17-13-6-8-14(9-7-13)18(15-10-11-23(19,20)12-15)24(21,22)16-4-2-1-3-5-16/h1-11,15H,12H2. The van der Waals surface area contributed by atoms with Crippen molar-refractivity contribution in [1.82, 2.24) is 0 Å². The van der Waals surface area contributed by atoms with Gasteiger partial charge in [0.2, 0.25) is 0 Å². The lowest BCUT2D eigenvalue weighted by atomic mass is 10.2. The molecule has 0 fully saturated rings. The average Bonchev–Trinajstić information content (AvgIpc) is 2.90. The van der Waals surface area contributed by atoms with E-state index in [-0.39, 0.29) is 10.6 Å². The van der Waals surface area contributed by atoms with Gasteiger partial charge in [0.05, 0.1) is 22.4 Å². The number of hydrogen-bond acceptors (Lipinski definition) is 4. The van der Waals surface area contributed by atoms with E-state index in [1.54, 1.807) is 42.5 Å². The summed E-state index contributed by atoms with van der Waals surface area (Å²) in [5, 5.41) is 1.07. The van der Waals surface area contributed by atoms with Gasteiger partial charge in [0.15, 0.2) is 9.84 Å². The van der Waals surface area contributed by atoms with E-state index in [1.165, 1.54) is 18.2 Å². The lowest BCUT2D eigenvalue weighted by Crippen LogP contribution is -2.41. The minimum absolute atomic E-state index is 0.116. The van der Waals surface area contributed by atoms with E-state index >= 15 is 0 Å². The Morgan fingerprint density at radius 3 is 2.17 bits per heavy atom. The molecule has 0 aromatic heterocycles. The first kappa shape index (κ1) is 17.2. The summed E-state index contributed by atoms with van der Waals surface area (Å²) >= 11 is 3.31. The molecular formula is C16H14BrNO4S2. The normalized spacial score (nSPS) is 19.3. The minimum Gasteiger partial charge on any atom is -0.258 e. The second kappa shape index (κ2) is 6.34. The van der Waals surface area contributed by atoms with E-state index in [9.17, 15) is 16.8 Å². The molecule has 24 heavy (non-hydrogen) atoms. The number of benzene rings is 2. The van der Waals surface area contributed by atoms with E-state index in [2.05, 4.69) is 15.9 Å². The first-order chi connectivity index (χ1) is 11.3.